The SMILES string of the molecule is CCNC(c1coc(C)c1)c1ccc2c(c1)CC(C)O2. The van der Waals surface area contributed by atoms with Crippen LogP contribution in [0.3, 0.4) is 0 Å². The molecule has 1 aromatic heterocycles. The van der Waals surface area contributed by atoms with Gasteiger partial charge in [0, 0.05) is 12.0 Å². The van der Waals surface area contributed by atoms with E-state index >= 15 is 0 Å². The standard InChI is InChI=1S/C17H21NO2/c1-4-18-17(15-7-11(2)19-10-15)13-5-6-16-14(9-13)8-12(3)20-16/h5-7,9-10,12,17-18H,4,8H2,1-3H3. The molecule has 0 bridgehead atoms. The van der Waals surface area contributed by atoms with Crippen molar-refractivity contribution >= 4 is 0 Å². The van der Waals surface area contributed by atoms with Crippen LogP contribution in [0.15, 0.2) is 34.9 Å². The number of fused-ring (bicyclic) bond motifs is 1. The summed E-state index contributed by atoms with van der Waals surface area (Å²) in [5.74, 6) is 1.97. The van der Waals surface area contributed by atoms with Crippen molar-refractivity contribution < 1.29 is 9.15 Å². The summed E-state index contributed by atoms with van der Waals surface area (Å²) in [4.78, 5) is 0. The van der Waals surface area contributed by atoms with Gasteiger partial charge in [-0.3, -0.25) is 0 Å². The monoisotopic (exact) mass is 271 g/mol. The maximum Gasteiger partial charge on any atom is 0.123 e. The largest absolute Gasteiger partial charge is 0.490 e. The van der Waals surface area contributed by atoms with Gasteiger partial charge in [0.05, 0.1) is 12.3 Å². The third kappa shape index (κ3) is 2.46. The van der Waals surface area contributed by atoms with Crippen LogP contribution in [0.4, 0.5) is 0 Å². The minimum Gasteiger partial charge on any atom is -0.490 e. The van der Waals surface area contributed by atoms with Crippen LogP contribution in [0, 0.1) is 6.92 Å². The first-order valence-electron chi connectivity index (χ1n) is 7.25. The van der Waals surface area contributed by atoms with Crippen molar-refractivity contribution in [2.75, 3.05) is 6.54 Å². The molecule has 106 valence electrons. The Hall–Kier alpha value is -1.74. The van der Waals surface area contributed by atoms with Gasteiger partial charge < -0.3 is 14.5 Å². The van der Waals surface area contributed by atoms with Gasteiger partial charge in [-0.1, -0.05) is 19.1 Å². The molecule has 0 saturated carbocycles. The topological polar surface area (TPSA) is 34.4 Å². The molecule has 0 saturated heterocycles. The predicted molar refractivity (Wildman–Crippen MR) is 79.2 cm³/mol. The van der Waals surface area contributed by atoms with Crippen LogP contribution in [-0.2, 0) is 6.42 Å². The number of aryl methyl sites for hydroxylation is 1. The number of ether oxygens (including phenoxy) is 1. The van der Waals surface area contributed by atoms with E-state index in [2.05, 4.69) is 43.4 Å². The van der Waals surface area contributed by atoms with Crippen molar-refractivity contribution in [2.45, 2.75) is 39.3 Å². The van der Waals surface area contributed by atoms with E-state index in [0.29, 0.717) is 0 Å². The molecule has 3 nitrogen and oxygen atoms in total. The Kier molecular flexibility index (Phi) is 3.53. The molecular formula is C17H21NO2. The lowest BCUT2D eigenvalue weighted by atomic mass is 9.97. The van der Waals surface area contributed by atoms with Gasteiger partial charge in [0.1, 0.15) is 17.6 Å². The van der Waals surface area contributed by atoms with Crippen LogP contribution in [-0.4, -0.2) is 12.6 Å². The van der Waals surface area contributed by atoms with E-state index in [1.807, 2.05) is 13.2 Å². The molecule has 3 heteroatoms. The summed E-state index contributed by atoms with van der Waals surface area (Å²) >= 11 is 0. The van der Waals surface area contributed by atoms with Crippen molar-refractivity contribution in [2.24, 2.45) is 0 Å². The van der Waals surface area contributed by atoms with Crippen LogP contribution in [0.1, 0.15) is 42.3 Å². The number of rotatable bonds is 4. The summed E-state index contributed by atoms with van der Waals surface area (Å²) < 4.78 is 11.2. The minimum absolute atomic E-state index is 0.179. The van der Waals surface area contributed by atoms with Gasteiger partial charge in [-0.05, 0) is 43.7 Å². The number of hydrogen-bond acceptors (Lipinski definition) is 3. The van der Waals surface area contributed by atoms with Crippen LogP contribution >= 0.6 is 0 Å². The van der Waals surface area contributed by atoms with Gasteiger partial charge in [-0.2, -0.15) is 0 Å². The van der Waals surface area contributed by atoms with Crippen LogP contribution in [0.5, 0.6) is 5.75 Å². The van der Waals surface area contributed by atoms with Gasteiger partial charge in [0.15, 0.2) is 0 Å². The van der Waals surface area contributed by atoms with Crippen molar-refractivity contribution in [1.82, 2.24) is 5.32 Å². The Balaban J connectivity index is 1.94. The lowest BCUT2D eigenvalue weighted by molar-refractivity contribution is 0.254. The summed E-state index contributed by atoms with van der Waals surface area (Å²) in [6, 6.07) is 8.77. The van der Waals surface area contributed by atoms with Crippen molar-refractivity contribution in [3.05, 3.63) is 53.0 Å². The van der Waals surface area contributed by atoms with Crippen LogP contribution in [0.25, 0.3) is 0 Å². The Morgan fingerprint density at radius 2 is 2.15 bits per heavy atom. The Morgan fingerprint density at radius 1 is 1.30 bits per heavy atom. The fourth-order valence-corrected chi connectivity index (χ4v) is 2.87. The van der Waals surface area contributed by atoms with E-state index in [9.17, 15) is 0 Å². The highest BCUT2D eigenvalue weighted by Gasteiger charge is 2.22. The molecule has 0 spiro atoms. The average molecular weight is 271 g/mol. The van der Waals surface area contributed by atoms with E-state index in [-0.39, 0.29) is 12.1 Å². The summed E-state index contributed by atoms with van der Waals surface area (Å²) in [6.07, 6.45) is 3.12. The number of furan rings is 1. The molecule has 0 fully saturated rings. The second-order valence-corrected chi connectivity index (χ2v) is 5.48. The Bertz CT molecular complexity index is 603. The molecule has 3 rings (SSSR count). The zero-order valence-electron chi connectivity index (χ0n) is 12.3. The molecule has 2 atom stereocenters. The average Bonchev–Trinajstić information content (AvgIpc) is 3.00. The highest BCUT2D eigenvalue weighted by atomic mass is 16.5. The second-order valence-electron chi connectivity index (χ2n) is 5.48. The smallest absolute Gasteiger partial charge is 0.123 e. The highest BCUT2D eigenvalue weighted by Crippen LogP contribution is 2.33. The highest BCUT2D eigenvalue weighted by molar-refractivity contribution is 5.43. The molecule has 1 aliphatic rings. The summed E-state index contributed by atoms with van der Waals surface area (Å²) in [5.41, 5.74) is 3.75. The number of hydrogen-bond donors (Lipinski definition) is 1. The molecule has 1 N–H and O–H groups in total. The van der Waals surface area contributed by atoms with E-state index < -0.39 is 0 Å². The Labute approximate surface area is 119 Å². The van der Waals surface area contributed by atoms with Crippen molar-refractivity contribution in [3.8, 4) is 5.75 Å². The maximum absolute atomic E-state index is 5.77. The lowest BCUT2D eigenvalue weighted by Gasteiger charge is -2.17. The zero-order chi connectivity index (χ0) is 14.1. The van der Waals surface area contributed by atoms with Crippen molar-refractivity contribution in [3.63, 3.8) is 0 Å². The second kappa shape index (κ2) is 5.33. The van der Waals surface area contributed by atoms with E-state index in [1.54, 1.807) is 0 Å². The third-order valence-corrected chi connectivity index (χ3v) is 3.75. The molecule has 20 heavy (non-hydrogen) atoms. The van der Waals surface area contributed by atoms with Gasteiger partial charge in [0.2, 0.25) is 0 Å². The first-order chi connectivity index (χ1) is 9.67. The van der Waals surface area contributed by atoms with Crippen LogP contribution < -0.4 is 10.1 Å². The van der Waals surface area contributed by atoms with Crippen molar-refractivity contribution in [1.29, 1.82) is 0 Å². The fraction of sp³-hybridized carbons (Fsp3) is 0.412. The summed E-state index contributed by atoms with van der Waals surface area (Å²) in [6.45, 7) is 7.13. The van der Waals surface area contributed by atoms with Crippen LogP contribution in [0.2, 0.25) is 0 Å². The molecule has 1 aromatic carbocycles. The molecule has 0 amide bonds. The quantitative estimate of drug-likeness (QED) is 0.922. The van der Waals surface area contributed by atoms with Gasteiger partial charge in [0.25, 0.3) is 0 Å². The first-order valence-corrected chi connectivity index (χ1v) is 7.25. The summed E-state index contributed by atoms with van der Waals surface area (Å²) in [7, 11) is 0. The number of nitrogens with one attached hydrogen (secondary N) is 1. The van der Waals surface area contributed by atoms with E-state index in [0.717, 1.165) is 24.5 Å². The minimum atomic E-state index is 0.179. The fourth-order valence-electron chi connectivity index (χ4n) is 2.87. The third-order valence-electron chi connectivity index (χ3n) is 3.75. The normalized spacial score (nSPS) is 18.6. The molecule has 2 aromatic rings. The molecule has 1 aliphatic heterocycles. The first kappa shape index (κ1) is 13.3. The van der Waals surface area contributed by atoms with E-state index in [4.69, 9.17) is 9.15 Å². The van der Waals surface area contributed by atoms with Gasteiger partial charge in [-0.15, -0.1) is 0 Å². The maximum atomic E-state index is 5.77. The molecule has 0 radical (unpaired) electrons. The summed E-state index contributed by atoms with van der Waals surface area (Å²) in [5, 5.41) is 3.53. The molecule has 2 unspecified atom stereocenters. The van der Waals surface area contributed by atoms with Gasteiger partial charge in [-0.25, -0.2) is 0 Å². The zero-order valence-corrected chi connectivity index (χ0v) is 12.3. The van der Waals surface area contributed by atoms with Gasteiger partial charge >= 0.3 is 0 Å². The Morgan fingerprint density at radius 3 is 2.85 bits per heavy atom. The molecule has 0 aliphatic carbocycles. The molecular weight excluding hydrogens is 250 g/mol. The van der Waals surface area contributed by atoms with E-state index in [1.165, 1.54) is 16.7 Å². The number of benzene rings is 1. The predicted octanol–water partition coefficient (Wildman–Crippen LogP) is 3.61. The lowest BCUT2D eigenvalue weighted by Crippen LogP contribution is -2.21. The molecule has 2 heterocycles.